The Balaban J connectivity index is 0.000000222. The predicted molar refractivity (Wildman–Crippen MR) is 178 cm³/mol. The Kier molecular flexibility index (Phi) is 8.35. The molecule has 1 radical (unpaired) electrons. The van der Waals surface area contributed by atoms with E-state index in [0.717, 1.165) is 27.9 Å². The van der Waals surface area contributed by atoms with Crippen LogP contribution >= 0.6 is 0 Å². The van der Waals surface area contributed by atoms with Crippen LogP contribution in [0.5, 0.6) is 0 Å². The molecule has 7 aromatic rings. The zero-order valence-corrected chi connectivity index (χ0v) is 27.0. The molecule has 2 heterocycles. The molecule has 5 aromatic carbocycles. The van der Waals surface area contributed by atoms with Crippen LogP contribution in [0.2, 0.25) is 0 Å². The number of nitrogens with zero attached hydrogens (tertiary/aromatic N) is 2. The molecule has 0 saturated carbocycles. The summed E-state index contributed by atoms with van der Waals surface area (Å²) in [6, 6.07) is 52.8. The third-order valence-electron chi connectivity index (χ3n) is 8.27. The van der Waals surface area contributed by atoms with E-state index in [1.165, 1.54) is 38.8 Å². The molecule has 2 nitrogen and oxygen atoms in total. The third-order valence-corrected chi connectivity index (χ3v) is 8.27. The van der Waals surface area contributed by atoms with Crippen LogP contribution in [0, 0.1) is 12.1 Å². The summed E-state index contributed by atoms with van der Waals surface area (Å²) in [5.74, 6) is 0. The van der Waals surface area contributed by atoms with Gasteiger partial charge in [-0.05, 0) is 50.3 Å². The molecule has 3 heteroatoms. The van der Waals surface area contributed by atoms with Gasteiger partial charge < -0.3 is 9.97 Å². The van der Waals surface area contributed by atoms with E-state index in [1.807, 2.05) is 48.7 Å². The van der Waals surface area contributed by atoms with Crippen molar-refractivity contribution >= 4 is 10.8 Å². The molecule has 0 N–H and O–H groups in total. The van der Waals surface area contributed by atoms with Gasteiger partial charge in [-0.15, -0.1) is 65.2 Å². The molecule has 0 spiro atoms. The summed E-state index contributed by atoms with van der Waals surface area (Å²) in [5, 5.41) is 2.37. The number of rotatable bonds is 3. The van der Waals surface area contributed by atoms with Crippen LogP contribution in [0.3, 0.4) is 0 Å². The fourth-order valence-corrected chi connectivity index (χ4v) is 5.94. The normalized spacial score (nSPS) is 12.3. The van der Waals surface area contributed by atoms with Crippen LogP contribution in [0.25, 0.3) is 55.5 Å². The average Bonchev–Trinajstić information content (AvgIpc) is 3.31. The maximum atomic E-state index is 4.72. The second-order valence-electron chi connectivity index (χ2n) is 11.3. The Morgan fingerprint density at radius 2 is 1.30 bits per heavy atom. The molecule has 0 atom stereocenters. The maximum Gasteiger partial charge on any atom is 0.0239 e. The van der Waals surface area contributed by atoms with Gasteiger partial charge in [-0.3, -0.25) is 0 Å². The van der Waals surface area contributed by atoms with Crippen LogP contribution in [0.1, 0.15) is 25.0 Å². The minimum atomic E-state index is -0.0733. The van der Waals surface area contributed by atoms with Crippen molar-refractivity contribution in [3.8, 4) is 44.8 Å². The quantitative estimate of drug-likeness (QED) is 0.169. The molecule has 0 bridgehead atoms. The molecule has 44 heavy (non-hydrogen) atoms. The van der Waals surface area contributed by atoms with Crippen molar-refractivity contribution in [1.82, 2.24) is 9.97 Å². The van der Waals surface area contributed by atoms with Gasteiger partial charge in [0.1, 0.15) is 0 Å². The number of fused-ring (bicyclic) bond motifs is 4. The summed E-state index contributed by atoms with van der Waals surface area (Å²) < 4.78 is 0. The molecule has 2 aromatic heterocycles. The Bertz CT molecular complexity index is 2000. The topological polar surface area (TPSA) is 25.8 Å². The van der Waals surface area contributed by atoms with E-state index in [-0.39, 0.29) is 25.5 Å². The Hall–Kier alpha value is -4.69. The van der Waals surface area contributed by atoms with Crippen molar-refractivity contribution in [2.24, 2.45) is 0 Å². The number of hydrogen-bond acceptors (Lipinski definition) is 2. The number of pyridine rings is 2. The first-order valence-electron chi connectivity index (χ1n) is 14.6. The second kappa shape index (κ2) is 12.5. The molecule has 0 unspecified atom stereocenters. The summed E-state index contributed by atoms with van der Waals surface area (Å²) in [6.07, 6.45) is 3.74. The monoisotopic (exact) mass is 743 g/mol. The van der Waals surface area contributed by atoms with E-state index < -0.39 is 0 Å². The average molecular weight is 743 g/mol. The zero-order valence-electron chi connectivity index (χ0n) is 24.6. The zero-order chi connectivity index (χ0) is 29.2. The van der Waals surface area contributed by atoms with Gasteiger partial charge in [-0.25, -0.2) is 0 Å². The standard InChI is InChI=1S/C30H22N.C11H8N.Ir/c1-30(2)27-16-22(20-8-4-3-5-9-20)12-14-25(27)26-15-13-23(17-28(26)30)29-18-21-10-6-7-11-24(21)19-31-29;1-2-6-10(7-3-1)11-8-4-5-9-12-11;/h3-12,14-19H,1-2H3;1-6,8-9H;/q2*-1;. The van der Waals surface area contributed by atoms with Crippen molar-refractivity contribution < 1.29 is 20.1 Å². The van der Waals surface area contributed by atoms with E-state index in [0.29, 0.717) is 0 Å². The third kappa shape index (κ3) is 5.65. The molecular formula is C41H30IrN2-2. The van der Waals surface area contributed by atoms with Gasteiger partial charge >= 0.3 is 0 Å². The summed E-state index contributed by atoms with van der Waals surface area (Å²) in [7, 11) is 0. The molecule has 1 aliphatic rings. The summed E-state index contributed by atoms with van der Waals surface area (Å²) in [5.41, 5.74) is 11.8. The fourth-order valence-electron chi connectivity index (χ4n) is 5.94. The molecule has 1 aliphatic carbocycles. The second-order valence-corrected chi connectivity index (χ2v) is 11.3. The van der Waals surface area contributed by atoms with Crippen molar-refractivity contribution in [2.75, 3.05) is 0 Å². The van der Waals surface area contributed by atoms with Gasteiger partial charge in [-0.2, -0.15) is 0 Å². The van der Waals surface area contributed by atoms with Gasteiger partial charge in [-0.1, -0.05) is 116 Å². The van der Waals surface area contributed by atoms with Crippen molar-refractivity contribution in [3.63, 3.8) is 0 Å². The number of aromatic nitrogens is 2. The molecule has 0 saturated heterocycles. The van der Waals surface area contributed by atoms with Crippen LogP contribution in [-0.4, -0.2) is 9.97 Å². The molecular weight excluding hydrogens is 713 g/mol. The van der Waals surface area contributed by atoms with Crippen molar-refractivity contribution in [1.29, 1.82) is 0 Å². The fraction of sp³-hybridized carbons (Fsp3) is 0.0732. The van der Waals surface area contributed by atoms with Gasteiger partial charge in [0.15, 0.2) is 0 Å². The molecule has 8 rings (SSSR count). The minimum absolute atomic E-state index is 0. The Morgan fingerprint density at radius 3 is 2.07 bits per heavy atom. The van der Waals surface area contributed by atoms with Gasteiger partial charge in [0.05, 0.1) is 0 Å². The largest absolute Gasteiger partial charge is 0.305 e. The molecule has 0 aliphatic heterocycles. The van der Waals surface area contributed by atoms with Crippen molar-refractivity contribution in [3.05, 3.63) is 169 Å². The van der Waals surface area contributed by atoms with Crippen LogP contribution in [-0.2, 0) is 25.5 Å². The first-order chi connectivity index (χ1) is 21.1. The Labute approximate surface area is 272 Å². The van der Waals surface area contributed by atoms with Crippen LogP contribution in [0.15, 0.2) is 146 Å². The molecule has 0 fully saturated rings. The number of benzene rings is 5. The van der Waals surface area contributed by atoms with Crippen LogP contribution < -0.4 is 0 Å². The summed E-state index contributed by atoms with van der Waals surface area (Å²) in [4.78, 5) is 8.94. The molecule has 215 valence electrons. The van der Waals surface area contributed by atoms with Crippen molar-refractivity contribution in [2.45, 2.75) is 19.3 Å². The molecule has 0 amide bonds. The van der Waals surface area contributed by atoms with Gasteiger partial charge in [0, 0.05) is 32.5 Å². The van der Waals surface area contributed by atoms with E-state index in [2.05, 4.69) is 122 Å². The van der Waals surface area contributed by atoms with Gasteiger partial charge in [0.25, 0.3) is 0 Å². The SMILES string of the molecule is CC1(C)c2cc(-c3cc4ccccc4cn3)[c-]cc2-c2ccc(-c3ccccc3)cc21.[Ir].[c-]1ccccc1-c1ccccn1. The Morgan fingerprint density at radius 1 is 0.545 bits per heavy atom. The maximum absolute atomic E-state index is 4.72. The van der Waals surface area contributed by atoms with E-state index in [1.54, 1.807) is 6.20 Å². The van der Waals surface area contributed by atoms with E-state index >= 15 is 0 Å². The minimum Gasteiger partial charge on any atom is -0.305 e. The number of hydrogen-bond donors (Lipinski definition) is 0. The van der Waals surface area contributed by atoms with E-state index in [9.17, 15) is 0 Å². The first kappa shape index (κ1) is 29.4. The summed E-state index contributed by atoms with van der Waals surface area (Å²) >= 11 is 0. The van der Waals surface area contributed by atoms with Crippen LogP contribution in [0.4, 0.5) is 0 Å². The predicted octanol–water partition coefficient (Wildman–Crippen LogP) is 10.2. The smallest absolute Gasteiger partial charge is 0.0239 e. The van der Waals surface area contributed by atoms with E-state index in [4.69, 9.17) is 4.98 Å². The van der Waals surface area contributed by atoms with Gasteiger partial charge in [0.2, 0.25) is 0 Å². The summed E-state index contributed by atoms with van der Waals surface area (Å²) in [6.45, 7) is 4.65. The first-order valence-corrected chi connectivity index (χ1v) is 14.6.